The Morgan fingerprint density at radius 1 is 0.524 bits per heavy atom. The van der Waals surface area contributed by atoms with Crippen LogP contribution < -0.4 is 36.0 Å². The van der Waals surface area contributed by atoms with Gasteiger partial charge in [0, 0.05) is 114 Å². The summed E-state index contributed by atoms with van der Waals surface area (Å²) in [4.78, 5) is 41.5. The van der Waals surface area contributed by atoms with Gasteiger partial charge in [0.25, 0.3) is 0 Å². The molecule has 0 spiro atoms. The number of nitrogens with zero attached hydrogens (tertiary/aromatic N) is 13. The number of pyridine rings is 3. The predicted molar refractivity (Wildman–Crippen MR) is 245 cm³/mol. The number of anilines is 7. The van der Waals surface area contributed by atoms with Gasteiger partial charge in [0.1, 0.15) is 16.9 Å². The molecule has 4 aliphatic rings. The summed E-state index contributed by atoms with van der Waals surface area (Å²) in [6.45, 7) is 12.5. The summed E-state index contributed by atoms with van der Waals surface area (Å²) >= 11 is 0. The normalized spacial score (nSPS) is 17.4. The third-order valence-corrected chi connectivity index (χ3v) is 11.8. The number of nitrogens with one attached hydrogen (secondary N) is 4. The first-order valence-corrected chi connectivity index (χ1v) is 22.3. The Labute approximate surface area is 366 Å². The molecule has 330 valence electrons. The van der Waals surface area contributed by atoms with E-state index in [0.29, 0.717) is 34.9 Å². The van der Waals surface area contributed by atoms with Gasteiger partial charge in [-0.2, -0.15) is 0 Å². The summed E-state index contributed by atoms with van der Waals surface area (Å²) in [7, 11) is 0. The van der Waals surface area contributed by atoms with Crippen molar-refractivity contribution >= 4 is 62.8 Å². The highest BCUT2D eigenvalue weighted by atomic mass is 16.3. The van der Waals surface area contributed by atoms with E-state index >= 15 is 0 Å². The summed E-state index contributed by atoms with van der Waals surface area (Å²) in [5, 5.41) is 42.8. The van der Waals surface area contributed by atoms with Crippen LogP contribution in [0, 0.1) is 0 Å². The number of aliphatic hydroxyl groups is 2. The Morgan fingerprint density at radius 3 is 1.57 bits per heavy atom. The van der Waals surface area contributed by atoms with E-state index in [2.05, 4.69) is 77.1 Å². The molecule has 6 aromatic heterocycles. The van der Waals surface area contributed by atoms with E-state index in [1.165, 1.54) is 18.4 Å². The van der Waals surface area contributed by atoms with Crippen LogP contribution in [0.2, 0.25) is 0 Å². The van der Waals surface area contributed by atoms with Gasteiger partial charge in [0.05, 0.1) is 24.6 Å². The van der Waals surface area contributed by atoms with Gasteiger partial charge in [-0.3, -0.25) is 4.90 Å². The first-order valence-electron chi connectivity index (χ1n) is 22.3. The van der Waals surface area contributed by atoms with Crippen LogP contribution in [0.3, 0.4) is 0 Å². The average molecular weight is 856 g/mol. The number of hydrogen-bond donors (Lipinski definition) is 6. The summed E-state index contributed by atoms with van der Waals surface area (Å²) in [5.74, 6) is 4.78. The van der Waals surface area contributed by atoms with Crippen LogP contribution >= 0.6 is 0 Å². The molecular weight excluding hydrogens is 799 g/mol. The van der Waals surface area contributed by atoms with Gasteiger partial charge < -0.3 is 46.2 Å². The minimum absolute atomic E-state index is 0.0962. The van der Waals surface area contributed by atoms with Crippen molar-refractivity contribution in [3.05, 3.63) is 71.9 Å². The molecule has 0 saturated carbocycles. The number of piperazine rings is 2. The van der Waals surface area contributed by atoms with Crippen LogP contribution in [-0.4, -0.2) is 139 Å². The van der Waals surface area contributed by atoms with Crippen molar-refractivity contribution in [2.24, 2.45) is 0 Å². The molecule has 0 unspecified atom stereocenters. The fourth-order valence-corrected chi connectivity index (χ4v) is 8.49. The maximum Gasteiger partial charge on any atom is 0.229 e. The number of rotatable bonds is 11. The van der Waals surface area contributed by atoms with Gasteiger partial charge in [-0.15, -0.1) is 10.2 Å². The Bertz CT molecular complexity index is 2420. The van der Waals surface area contributed by atoms with E-state index in [1.807, 2.05) is 36.5 Å². The van der Waals surface area contributed by atoms with Gasteiger partial charge in [0.15, 0.2) is 23.3 Å². The molecule has 6 N–H and O–H groups in total. The second-order valence-corrected chi connectivity index (χ2v) is 16.4. The molecular formula is C44H57N17O2. The highest BCUT2D eigenvalue weighted by Gasteiger charge is 2.21. The number of piperidine rings is 2. The smallest absolute Gasteiger partial charge is 0.229 e. The molecule has 4 aliphatic heterocycles. The van der Waals surface area contributed by atoms with Crippen molar-refractivity contribution in [2.75, 3.05) is 104 Å². The van der Waals surface area contributed by atoms with Gasteiger partial charge >= 0.3 is 0 Å². The minimum atomic E-state index is -0.105. The molecule has 63 heavy (non-hydrogen) atoms. The van der Waals surface area contributed by atoms with Crippen molar-refractivity contribution in [3.8, 4) is 0 Å². The molecule has 4 fully saturated rings. The zero-order valence-corrected chi connectivity index (χ0v) is 35.8. The lowest BCUT2D eigenvalue weighted by Crippen LogP contribution is -2.43. The van der Waals surface area contributed by atoms with E-state index in [1.54, 1.807) is 12.4 Å². The Hall–Kier alpha value is -5.99. The van der Waals surface area contributed by atoms with Crippen LogP contribution in [0.15, 0.2) is 55.0 Å². The van der Waals surface area contributed by atoms with Crippen LogP contribution in [0.5, 0.6) is 0 Å². The molecule has 4 saturated heterocycles. The number of aromatic nitrogens is 9. The number of hydrogen-bond acceptors (Lipinski definition) is 19. The van der Waals surface area contributed by atoms with Crippen molar-refractivity contribution in [3.63, 3.8) is 0 Å². The Morgan fingerprint density at radius 2 is 1.06 bits per heavy atom. The number of fused-ring (bicyclic) bond motifs is 2. The standard InChI is InChI=1S/C23H30N8O.C21H27N9O/c32-16-19-12-18-14-26-23(29-21(18)22(27-19)31-8-2-1-3-9-31)28-20-5-4-17(13-25-20)15-30-10-6-24-7-11-30;31-14-16-12-15-13-23-21(26-19(15)20(24-16)30-8-2-1-3-9-30)25-17-4-5-18(28-27-17)29-10-6-22-7-11-29/h4-5,12-14,24,32H,1-3,6-11,15-16H2,(H,25,26,28,29);4-5,12-13,22,31H,1-3,6-11,14H2,(H,23,25,26,27). The molecule has 0 radical (unpaired) electrons. The molecule has 19 nitrogen and oxygen atoms in total. The van der Waals surface area contributed by atoms with Gasteiger partial charge in [0.2, 0.25) is 11.9 Å². The summed E-state index contributed by atoms with van der Waals surface area (Å²) in [6.07, 6.45) is 12.5. The SMILES string of the molecule is OCc1cc2cnc(Nc3ccc(CN4CCNCC4)cn3)nc2c(N2CCCCC2)n1.OCc1cc2cnc(Nc3ccc(N4CCNCC4)nn3)nc2c(N2CCCCC2)n1. The molecule has 0 atom stereocenters. The zero-order valence-electron chi connectivity index (χ0n) is 35.8. The maximum absolute atomic E-state index is 9.65. The van der Waals surface area contributed by atoms with Crippen molar-refractivity contribution in [2.45, 2.75) is 58.3 Å². The molecule has 10 heterocycles. The topological polar surface area (TPSA) is 218 Å². The third kappa shape index (κ3) is 10.6. The lowest BCUT2D eigenvalue weighted by molar-refractivity contribution is 0.233. The van der Waals surface area contributed by atoms with Gasteiger partial charge in [-0.1, -0.05) is 6.07 Å². The molecule has 0 aromatic carbocycles. The molecule has 19 heteroatoms. The van der Waals surface area contributed by atoms with Crippen LogP contribution in [0.25, 0.3) is 21.8 Å². The second-order valence-electron chi connectivity index (χ2n) is 16.4. The van der Waals surface area contributed by atoms with Crippen LogP contribution in [0.1, 0.15) is 55.5 Å². The third-order valence-electron chi connectivity index (χ3n) is 11.8. The summed E-state index contributed by atoms with van der Waals surface area (Å²) in [5.41, 5.74) is 4.06. The highest BCUT2D eigenvalue weighted by Crippen LogP contribution is 2.30. The lowest BCUT2D eigenvalue weighted by Gasteiger charge is -2.28. The largest absolute Gasteiger partial charge is 0.390 e. The summed E-state index contributed by atoms with van der Waals surface area (Å²) < 4.78 is 0. The van der Waals surface area contributed by atoms with E-state index in [-0.39, 0.29) is 13.2 Å². The van der Waals surface area contributed by atoms with Crippen molar-refractivity contribution < 1.29 is 10.2 Å². The first-order chi connectivity index (χ1) is 31.1. The monoisotopic (exact) mass is 855 g/mol. The average Bonchev–Trinajstić information content (AvgIpc) is 3.35. The molecule has 0 aliphatic carbocycles. The van der Waals surface area contributed by atoms with Gasteiger partial charge in [-0.25, -0.2) is 34.9 Å². The van der Waals surface area contributed by atoms with Crippen LogP contribution in [0.4, 0.5) is 41.0 Å². The highest BCUT2D eigenvalue weighted by molar-refractivity contribution is 5.90. The minimum Gasteiger partial charge on any atom is -0.390 e. The Balaban J connectivity index is 0.000000160. The van der Waals surface area contributed by atoms with Crippen LogP contribution in [-0.2, 0) is 19.8 Å². The van der Waals surface area contributed by atoms with Crippen molar-refractivity contribution in [1.29, 1.82) is 0 Å². The first kappa shape index (κ1) is 42.3. The summed E-state index contributed by atoms with van der Waals surface area (Å²) in [6, 6.07) is 11.6. The van der Waals surface area contributed by atoms with E-state index in [9.17, 15) is 10.2 Å². The lowest BCUT2D eigenvalue weighted by atomic mass is 10.1. The van der Waals surface area contributed by atoms with Crippen molar-refractivity contribution in [1.82, 2.24) is 60.6 Å². The zero-order chi connectivity index (χ0) is 42.8. The number of aliphatic hydroxyl groups excluding tert-OH is 2. The fraction of sp³-hybridized carbons (Fsp3) is 0.477. The van der Waals surface area contributed by atoms with Gasteiger partial charge in [-0.05, 0) is 74.4 Å². The van der Waals surface area contributed by atoms with E-state index in [4.69, 9.17) is 15.0 Å². The van der Waals surface area contributed by atoms with E-state index < -0.39 is 0 Å². The second kappa shape index (κ2) is 20.5. The molecule has 0 amide bonds. The Kier molecular flexibility index (Phi) is 13.7. The molecule has 0 bridgehead atoms. The molecule has 10 rings (SSSR count). The quantitative estimate of drug-likeness (QED) is 0.110. The maximum atomic E-state index is 9.65. The predicted octanol–water partition coefficient (Wildman–Crippen LogP) is 3.50. The van der Waals surface area contributed by atoms with E-state index in [0.717, 1.165) is 150 Å². The molecule has 6 aromatic rings. The fourth-order valence-electron chi connectivity index (χ4n) is 8.49.